The second-order valence-corrected chi connectivity index (χ2v) is 8.01. The van der Waals surface area contributed by atoms with E-state index in [9.17, 15) is 14.4 Å². The van der Waals surface area contributed by atoms with Crippen molar-refractivity contribution in [1.82, 2.24) is 9.80 Å². The summed E-state index contributed by atoms with van der Waals surface area (Å²) in [6, 6.07) is 16.7. The zero-order valence-electron chi connectivity index (χ0n) is 18.3. The van der Waals surface area contributed by atoms with Crippen LogP contribution in [0.25, 0.3) is 5.57 Å². The molecular weight excluding hydrogens is 406 g/mol. The Morgan fingerprint density at radius 2 is 1.75 bits per heavy atom. The van der Waals surface area contributed by atoms with Crippen LogP contribution in [0.1, 0.15) is 30.9 Å². The first-order valence-electron chi connectivity index (χ1n) is 10.9. The number of nitrogens with one attached hydrogen (secondary N) is 1. The largest absolute Gasteiger partial charge is 0.450 e. The van der Waals surface area contributed by atoms with Gasteiger partial charge >= 0.3 is 6.09 Å². The van der Waals surface area contributed by atoms with Crippen molar-refractivity contribution in [2.45, 2.75) is 32.7 Å². The lowest BCUT2D eigenvalue weighted by atomic mass is 10.0. The second kappa shape index (κ2) is 9.26. The summed E-state index contributed by atoms with van der Waals surface area (Å²) in [5.74, 6) is -0.629. The van der Waals surface area contributed by atoms with E-state index in [1.807, 2.05) is 61.5 Å². The summed E-state index contributed by atoms with van der Waals surface area (Å²) in [4.78, 5) is 42.0. The van der Waals surface area contributed by atoms with E-state index in [2.05, 4.69) is 5.32 Å². The first-order chi connectivity index (χ1) is 15.5. The molecule has 0 aliphatic carbocycles. The molecule has 0 atom stereocenters. The molecule has 0 radical (unpaired) electrons. The third kappa shape index (κ3) is 4.23. The number of rotatable bonds is 5. The Hall–Kier alpha value is -3.61. The molecule has 7 nitrogen and oxygen atoms in total. The molecule has 4 rings (SSSR count). The maximum atomic E-state index is 13.5. The Bertz CT molecular complexity index is 1060. The molecule has 1 saturated heterocycles. The molecular formula is C25H27N3O4. The number of hydrogen-bond acceptors (Lipinski definition) is 5. The van der Waals surface area contributed by atoms with E-state index in [0.29, 0.717) is 49.4 Å². The van der Waals surface area contributed by atoms with Gasteiger partial charge in [-0.25, -0.2) is 4.79 Å². The average Bonchev–Trinajstić information content (AvgIpc) is 3.04. The van der Waals surface area contributed by atoms with E-state index in [4.69, 9.17) is 4.74 Å². The fourth-order valence-electron chi connectivity index (χ4n) is 4.26. The summed E-state index contributed by atoms with van der Waals surface area (Å²) >= 11 is 0. The predicted octanol–water partition coefficient (Wildman–Crippen LogP) is 3.81. The smallest absolute Gasteiger partial charge is 0.409 e. The predicted molar refractivity (Wildman–Crippen MR) is 122 cm³/mol. The van der Waals surface area contributed by atoms with Crippen LogP contribution in [0.4, 0.5) is 10.5 Å². The highest BCUT2D eigenvalue weighted by Crippen LogP contribution is 2.34. The average molecular weight is 434 g/mol. The monoisotopic (exact) mass is 433 g/mol. The van der Waals surface area contributed by atoms with Crippen molar-refractivity contribution < 1.29 is 19.1 Å². The van der Waals surface area contributed by atoms with Crippen LogP contribution in [-0.4, -0.2) is 53.4 Å². The number of aryl methyl sites for hydroxylation is 1. The van der Waals surface area contributed by atoms with Crippen LogP contribution < -0.4 is 5.32 Å². The van der Waals surface area contributed by atoms with Crippen LogP contribution >= 0.6 is 0 Å². The Morgan fingerprint density at radius 1 is 1.03 bits per heavy atom. The Kier molecular flexibility index (Phi) is 6.25. The first-order valence-corrected chi connectivity index (χ1v) is 10.9. The summed E-state index contributed by atoms with van der Waals surface area (Å²) in [6.45, 7) is 4.96. The van der Waals surface area contributed by atoms with Gasteiger partial charge < -0.3 is 15.0 Å². The number of carbonyl (C=O) groups excluding carboxylic acids is 3. The Morgan fingerprint density at radius 3 is 2.41 bits per heavy atom. The van der Waals surface area contributed by atoms with Gasteiger partial charge in [0.1, 0.15) is 5.70 Å². The number of amides is 3. The van der Waals surface area contributed by atoms with Gasteiger partial charge in [-0.05, 0) is 49.9 Å². The van der Waals surface area contributed by atoms with Crippen LogP contribution in [0.3, 0.4) is 0 Å². The van der Waals surface area contributed by atoms with Crippen LogP contribution in [-0.2, 0) is 14.3 Å². The topological polar surface area (TPSA) is 79.0 Å². The number of nitrogens with zero attached hydrogens (tertiary/aromatic N) is 2. The van der Waals surface area contributed by atoms with Crippen molar-refractivity contribution in [3.63, 3.8) is 0 Å². The van der Waals surface area contributed by atoms with Gasteiger partial charge in [-0.3, -0.25) is 14.5 Å². The molecule has 3 amide bonds. The van der Waals surface area contributed by atoms with Crippen molar-refractivity contribution in [2.24, 2.45) is 0 Å². The molecule has 7 heteroatoms. The molecule has 2 heterocycles. The van der Waals surface area contributed by atoms with Crippen LogP contribution in [0.15, 0.2) is 60.3 Å². The highest BCUT2D eigenvalue weighted by atomic mass is 16.6. The van der Waals surface area contributed by atoms with E-state index in [0.717, 1.165) is 11.3 Å². The molecule has 0 spiro atoms. The highest BCUT2D eigenvalue weighted by molar-refractivity contribution is 6.36. The lowest BCUT2D eigenvalue weighted by Crippen LogP contribution is -2.49. The van der Waals surface area contributed by atoms with Gasteiger partial charge in [-0.15, -0.1) is 0 Å². The molecule has 2 aromatic carbocycles. The van der Waals surface area contributed by atoms with Gasteiger partial charge in [0.2, 0.25) is 0 Å². The van der Waals surface area contributed by atoms with Crippen molar-refractivity contribution in [3.05, 3.63) is 71.4 Å². The molecule has 2 aliphatic heterocycles. The fourth-order valence-corrected chi connectivity index (χ4v) is 4.26. The number of ether oxygens (including phenoxy) is 1. The molecule has 166 valence electrons. The third-order valence-corrected chi connectivity index (χ3v) is 5.82. The van der Waals surface area contributed by atoms with E-state index < -0.39 is 0 Å². The number of piperidine rings is 1. The van der Waals surface area contributed by atoms with Gasteiger partial charge in [0, 0.05) is 24.8 Å². The summed E-state index contributed by atoms with van der Waals surface area (Å²) in [7, 11) is 0. The van der Waals surface area contributed by atoms with Crippen LogP contribution in [0, 0.1) is 6.92 Å². The van der Waals surface area contributed by atoms with Gasteiger partial charge in [-0.2, -0.15) is 0 Å². The van der Waals surface area contributed by atoms with E-state index in [1.54, 1.807) is 11.8 Å². The second-order valence-electron chi connectivity index (χ2n) is 8.01. The number of anilines is 1. The number of imide groups is 1. The minimum absolute atomic E-state index is 0.267. The van der Waals surface area contributed by atoms with E-state index >= 15 is 0 Å². The van der Waals surface area contributed by atoms with Crippen LogP contribution in [0.2, 0.25) is 0 Å². The number of carbonyl (C=O) groups is 3. The first kappa shape index (κ1) is 21.6. The maximum Gasteiger partial charge on any atom is 0.409 e. The third-order valence-electron chi connectivity index (χ3n) is 5.82. The molecule has 0 saturated carbocycles. The lowest BCUT2D eigenvalue weighted by Gasteiger charge is -2.35. The number of hydrogen-bond donors (Lipinski definition) is 1. The lowest BCUT2D eigenvalue weighted by molar-refractivity contribution is -0.140. The maximum absolute atomic E-state index is 13.5. The van der Waals surface area contributed by atoms with Gasteiger partial charge in [0.25, 0.3) is 11.8 Å². The molecule has 0 aromatic heterocycles. The SMILES string of the molecule is CCOC(=O)N1CCC(N2C(=O)C(Nc3cccc(C)c3)=C(c3ccccc3)C2=O)CC1. The molecule has 1 N–H and O–H groups in total. The van der Waals surface area contributed by atoms with Crippen LogP contribution in [0.5, 0.6) is 0 Å². The molecule has 0 unspecified atom stereocenters. The molecule has 2 aliphatic rings. The summed E-state index contributed by atoms with van der Waals surface area (Å²) in [5.41, 5.74) is 3.18. The normalized spacial score (nSPS) is 17.2. The molecule has 0 bridgehead atoms. The number of benzene rings is 2. The van der Waals surface area contributed by atoms with Crippen molar-refractivity contribution in [3.8, 4) is 0 Å². The molecule has 2 aromatic rings. The zero-order chi connectivity index (χ0) is 22.7. The van der Waals surface area contributed by atoms with Crippen molar-refractivity contribution in [1.29, 1.82) is 0 Å². The highest BCUT2D eigenvalue weighted by Gasteiger charge is 2.44. The van der Waals surface area contributed by atoms with E-state index in [1.165, 1.54) is 4.90 Å². The summed E-state index contributed by atoms with van der Waals surface area (Å²) in [6.07, 6.45) is 0.696. The Balaban J connectivity index is 1.60. The summed E-state index contributed by atoms with van der Waals surface area (Å²) in [5, 5.41) is 3.21. The molecule has 32 heavy (non-hydrogen) atoms. The van der Waals surface area contributed by atoms with E-state index in [-0.39, 0.29) is 23.9 Å². The summed E-state index contributed by atoms with van der Waals surface area (Å²) < 4.78 is 5.07. The van der Waals surface area contributed by atoms with Gasteiger partial charge in [0.05, 0.1) is 12.2 Å². The van der Waals surface area contributed by atoms with Crippen molar-refractivity contribution in [2.75, 3.05) is 25.0 Å². The fraction of sp³-hybridized carbons (Fsp3) is 0.320. The quantitative estimate of drug-likeness (QED) is 0.726. The van der Waals surface area contributed by atoms with Crippen molar-refractivity contribution >= 4 is 29.2 Å². The zero-order valence-corrected chi connectivity index (χ0v) is 18.3. The minimum Gasteiger partial charge on any atom is -0.450 e. The number of likely N-dealkylation sites (tertiary alicyclic amines) is 1. The Labute approximate surface area is 187 Å². The van der Waals surface area contributed by atoms with Gasteiger partial charge in [-0.1, -0.05) is 42.5 Å². The van der Waals surface area contributed by atoms with Gasteiger partial charge in [0.15, 0.2) is 0 Å². The standard InChI is InChI=1S/C25H27N3O4/c1-3-32-25(31)27-14-12-20(13-15-27)28-23(29)21(18-9-5-4-6-10-18)22(24(28)30)26-19-11-7-8-17(2)16-19/h4-11,16,20,26H,3,12-15H2,1-2H3. The minimum atomic E-state index is -0.352. The molecule has 1 fully saturated rings.